The summed E-state index contributed by atoms with van der Waals surface area (Å²) < 4.78 is 14.4. The van der Waals surface area contributed by atoms with Crippen LogP contribution in [0.1, 0.15) is 36.7 Å². The summed E-state index contributed by atoms with van der Waals surface area (Å²) in [6, 6.07) is 5.64. The zero-order valence-electron chi connectivity index (χ0n) is 14.4. The molecule has 0 saturated heterocycles. The number of carbonyl (C=O) groups is 2. The smallest absolute Gasteiger partial charge is 0.308 e. The van der Waals surface area contributed by atoms with Crippen LogP contribution < -0.4 is 5.32 Å². The third-order valence-corrected chi connectivity index (χ3v) is 3.66. The van der Waals surface area contributed by atoms with Crippen molar-refractivity contribution < 1.29 is 19.1 Å². The topological polar surface area (TPSA) is 97.1 Å². The SMILES string of the molecule is Cc1nc(C(=O)NCC(CC(C)C)C(=O)O)nn1-c1ccc(F)cc1. The molecule has 0 spiro atoms. The molecule has 134 valence electrons. The Hall–Kier alpha value is -2.77. The van der Waals surface area contributed by atoms with Crippen molar-refractivity contribution in [2.24, 2.45) is 11.8 Å². The van der Waals surface area contributed by atoms with Crippen molar-refractivity contribution in [2.75, 3.05) is 6.54 Å². The minimum absolute atomic E-state index is 0.0104. The normalized spacial score (nSPS) is 12.2. The minimum atomic E-state index is -0.949. The fourth-order valence-electron chi connectivity index (χ4n) is 2.45. The van der Waals surface area contributed by atoms with Gasteiger partial charge in [-0.05, 0) is 43.5 Å². The Morgan fingerprint density at radius 2 is 1.92 bits per heavy atom. The average Bonchev–Trinajstić information content (AvgIpc) is 2.93. The first-order chi connectivity index (χ1) is 11.8. The maximum Gasteiger partial charge on any atom is 0.308 e. The lowest BCUT2D eigenvalue weighted by molar-refractivity contribution is -0.142. The van der Waals surface area contributed by atoms with E-state index in [0.717, 1.165) is 0 Å². The Labute approximate surface area is 144 Å². The Bertz CT molecular complexity index is 756. The summed E-state index contributed by atoms with van der Waals surface area (Å²) >= 11 is 0. The number of benzene rings is 1. The van der Waals surface area contributed by atoms with Crippen LogP contribution in [0, 0.1) is 24.6 Å². The molecule has 1 aromatic heterocycles. The van der Waals surface area contributed by atoms with Gasteiger partial charge in [0.2, 0.25) is 5.82 Å². The molecular formula is C17H21FN4O3. The molecule has 8 heteroatoms. The second kappa shape index (κ2) is 7.87. The molecule has 0 aliphatic heterocycles. The maximum atomic E-state index is 13.0. The first-order valence-electron chi connectivity index (χ1n) is 7.98. The number of amides is 1. The van der Waals surface area contributed by atoms with Crippen molar-refractivity contribution in [1.82, 2.24) is 20.1 Å². The molecule has 1 heterocycles. The molecule has 2 N–H and O–H groups in total. The largest absolute Gasteiger partial charge is 0.481 e. The molecule has 0 aliphatic rings. The van der Waals surface area contributed by atoms with Gasteiger partial charge in [0.25, 0.3) is 5.91 Å². The van der Waals surface area contributed by atoms with E-state index in [1.807, 2.05) is 13.8 Å². The van der Waals surface area contributed by atoms with Crippen LogP contribution in [-0.2, 0) is 4.79 Å². The van der Waals surface area contributed by atoms with Crippen LogP contribution in [0.15, 0.2) is 24.3 Å². The predicted molar refractivity (Wildman–Crippen MR) is 89.0 cm³/mol. The van der Waals surface area contributed by atoms with Crippen molar-refractivity contribution in [1.29, 1.82) is 0 Å². The van der Waals surface area contributed by atoms with Gasteiger partial charge in [0.15, 0.2) is 0 Å². The van der Waals surface area contributed by atoms with Crippen LogP contribution >= 0.6 is 0 Å². The number of hydrogen-bond acceptors (Lipinski definition) is 4. The molecule has 1 unspecified atom stereocenters. The number of carboxylic acid groups (broad SMARTS) is 1. The van der Waals surface area contributed by atoms with Gasteiger partial charge in [-0.15, -0.1) is 5.10 Å². The molecule has 0 aliphatic carbocycles. The first-order valence-corrected chi connectivity index (χ1v) is 7.98. The van der Waals surface area contributed by atoms with Crippen molar-refractivity contribution in [3.63, 3.8) is 0 Å². The highest BCUT2D eigenvalue weighted by molar-refractivity contribution is 5.90. The molecule has 2 aromatic rings. The second-order valence-corrected chi connectivity index (χ2v) is 6.25. The molecule has 25 heavy (non-hydrogen) atoms. The molecule has 1 amide bonds. The van der Waals surface area contributed by atoms with Gasteiger partial charge >= 0.3 is 5.97 Å². The van der Waals surface area contributed by atoms with Gasteiger partial charge in [-0.1, -0.05) is 13.8 Å². The summed E-state index contributed by atoms with van der Waals surface area (Å²) in [5.41, 5.74) is 0.577. The monoisotopic (exact) mass is 348 g/mol. The van der Waals surface area contributed by atoms with Crippen LogP contribution in [0.2, 0.25) is 0 Å². The molecule has 1 atom stereocenters. The van der Waals surface area contributed by atoms with Gasteiger partial charge in [-0.3, -0.25) is 9.59 Å². The van der Waals surface area contributed by atoms with E-state index in [2.05, 4.69) is 15.4 Å². The third-order valence-electron chi connectivity index (χ3n) is 3.66. The number of aliphatic carboxylic acids is 1. The Morgan fingerprint density at radius 3 is 2.48 bits per heavy atom. The molecule has 0 saturated carbocycles. The maximum absolute atomic E-state index is 13.0. The molecular weight excluding hydrogens is 327 g/mol. The standard InChI is InChI=1S/C17H21FN4O3/c1-10(2)8-12(17(24)25)9-19-16(23)15-20-11(3)22(21-15)14-6-4-13(18)5-7-14/h4-7,10,12H,8-9H2,1-3H3,(H,19,23)(H,24,25). The lowest BCUT2D eigenvalue weighted by Gasteiger charge is -2.14. The lowest BCUT2D eigenvalue weighted by Crippen LogP contribution is -2.34. The summed E-state index contributed by atoms with van der Waals surface area (Å²) in [7, 11) is 0. The van der Waals surface area contributed by atoms with E-state index in [9.17, 15) is 19.1 Å². The molecule has 1 aromatic carbocycles. The van der Waals surface area contributed by atoms with Crippen LogP contribution in [0.25, 0.3) is 5.69 Å². The van der Waals surface area contributed by atoms with Gasteiger partial charge in [0.1, 0.15) is 11.6 Å². The number of aromatic nitrogens is 3. The number of rotatable bonds is 7. The molecule has 0 bridgehead atoms. The van der Waals surface area contributed by atoms with Gasteiger partial charge in [0.05, 0.1) is 11.6 Å². The summed E-state index contributed by atoms with van der Waals surface area (Å²) in [6.07, 6.45) is 0.464. The Morgan fingerprint density at radius 1 is 1.28 bits per heavy atom. The zero-order chi connectivity index (χ0) is 18.6. The predicted octanol–water partition coefficient (Wildman–Crippen LogP) is 2.19. The number of carboxylic acids is 1. The van der Waals surface area contributed by atoms with Gasteiger partial charge in [-0.25, -0.2) is 14.1 Å². The molecule has 2 rings (SSSR count). The highest BCUT2D eigenvalue weighted by Crippen LogP contribution is 2.12. The van der Waals surface area contributed by atoms with Gasteiger partial charge in [0, 0.05) is 6.54 Å². The van der Waals surface area contributed by atoms with Crippen LogP contribution in [0.3, 0.4) is 0 Å². The van der Waals surface area contributed by atoms with E-state index in [0.29, 0.717) is 17.9 Å². The fourth-order valence-corrected chi connectivity index (χ4v) is 2.45. The van der Waals surface area contributed by atoms with Gasteiger partial charge < -0.3 is 10.4 Å². The van der Waals surface area contributed by atoms with Crippen molar-refractivity contribution >= 4 is 11.9 Å². The van der Waals surface area contributed by atoms with Gasteiger partial charge in [-0.2, -0.15) is 0 Å². The van der Waals surface area contributed by atoms with E-state index in [1.165, 1.54) is 28.9 Å². The molecule has 0 fully saturated rings. The summed E-state index contributed by atoms with van der Waals surface area (Å²) in [4.78, 5) is 27.5. The molecule has 7 nitrogen and oxygen atoms in total. The van der Waals surface area contributed by atoms with E-state index < -0.39 is 17.8 Å². The highest BCUT2D eigenvalue weighted by Gasteiger charge is 2.22. The number of nitrogens with zero attached hydrogens (tertiary/aromatic N) is 3. The number of halogens is 1. The summed E-state index contributed by atoms with van der Waals surface area (Å²) in [5.74, 6) is -1.91. The van der Waals surface area contributed by atoms with Crippen LogP contribution in [0.5, 0.6) is 0 Å². The minimum Gasteiger partial charge on any atom is -0.481 e. The third kappa shape index (κ3) is 4.85. The number of nitrogens with one attached hydrogen (secondary N) is 1. The van der Waals surface area contributed by atoms with Crippen molar-refractivity contribution in [3.8, 4) is 5.69 Å². The highest BCUT2D eigenvalue weighted by atomic mass is 19.1. The van der Waals surface area contributed by atoms with Crippen molar-refractivity contribution in [3.05, 3.63) is 41.7 Å². The van der Waals surface area contributed by atoms with E-state index in [-0.39, 0.29) is 24.1 Å². The van der Waals surface area contributed by atoms with Crippen molar-refractivity contribution in [2.45, 2.75) is 27.2 Å². The number of aryl methyl sites for hydroxylation is 1. The first kappa shape index (κ1) is 18.6. The Kier molecular flexibility index (Phi) is 5.84. The van der Waals surface area contributed by atoms with Crippen LogP contribution in [-0.4, -0.2) is 38.3 Å². The Balaban J connectivity index is 2.08. The van der Waals surface area contributed by atoms with E-state index >= 15 is 0 Å². The summed E-state index contributed by atoms with van der Waals surface area (Å²) in [5, 5.41) is 15.9. The molecule has 0 radical (unpaired) electrons. The fraction of sp³-hybridized carbons (Fsp3) is 0.412. The quantitative estimate of drug-likeness (QED) is 0.799. The van der Waals surface area contributed by atoms with E-state index in [4.69, 9.17) is 0 Å². The summed E-state index contributed by atoms with van der Waals surface area (Å²) in [6.45, 7) is 5.53. The second-order valence-electron chi connectivity index (χ2n) is 6.25. The number of carbonyl (C=O) groups excluding carboxylic acids is 1. The van der Waals surface area contributed by atoms with Crippen LogP contribution in [0.4, 0.5) is 4.39 Å². The number of hydrogen-bond donors (Lipinski definition) is 2. The average molecular weight is 348 g/mol. The van der Waals surface area contributed by atoms with E-state index in [1.54, 1.807) is 6.92 Å². The zero-order valence-corrected chi connectivity index (χ0v) is 14.4. The lowest BCUT2D eigenvalue weighted by atomic mass is 9.97.